The molecule has 3 aromatic rings. The van der Waals surface area contributed by atoms with Crippen LogP contribution in [0.2, 0.25) is 0 Å². The molecule has 1 atom stereocenters. The smallest absolute Gasteiger partial charge is 0.253 e. The van der Waals surface area contributed by atoms with Gasteiger partial charge >= 0.3 is 0 Å². The van der Waals surface area contributed by atoms with Crippen LogP contribution < -0.4 is 14.9 Å². The molecular formula is C20H29N5O4S3. The summed E-state index contributed by atoms with van der Waals surface area (Å²) in [5.41, 5.74) is 1.46. The molecule has 0 aliphatic carbocycles. The number of aromatic hydroxyl groups is 1. The summed E-state index contributed by atoms with van der Waals surface area (Å²) in [6.07, 6.45) is 1.78. The number of sulfonamides is 1. The summed E-state index contributed by atoms with van der Waals surface area (Å²) in [5, 5.41) is 15.6. The number of rotatable bonds is 10. The molecule has 0 spiro atoms. The molecule has 0 fully saturated rings. The molecule has 12 heteroatoms. The SMILES string of the molecule is CCNS(=O)(=O)c1scc(N(C)c2nsnc2N[C@@H](c2cc(C(C)C)co2)C(C)C)c1O. The van der Waals surface area contributed by atoms with Crippen molar-refractivity contribution in [2.24, 2.45) is 5.92 Å². The van der Waals surface area contributed by atoms with Crippen LogP contribution in [-0.4, -0.2) is 35.9 Å². The maximum Gasteiger partial charge on any atom is 0.253 e. The Morgan fingerprint density at radius 1 is 1.25 bits per heavy atom. The first-order valence-electron chi connectivity index (χ1n) is 10.3. The third-order valence-corrected chi connectivity index (χ3v) is 8.58. The highest BCUT2D eigenvalue weighted by Gasteiger charge is 2.28. The average Bonchev–Trinajstić information content (AvgIpc) is 3.44. The summed E-state index contributed by atoms with van der Waals surface area (Å²) in [7, 11) is -2.06. The van der Waals surface area contributed by atoms with Crippen molar-refractivity contribution in [3.05, 3.63) is 29.0 Å². The van der Waals surface area contributed by atoms with Gasteiger partial charge in [0, 0.05) is 19.0 Å². The molecule has 0 amide bonds. The van der Waals surface area contributed by atoms with Crippen LogP contribution in [-0.2, 0) is 10.0 Å². The molecule has 0 bridgehead atoms. The molecule has 0 aliphatic heterocycles. The number of hydrogen-bond donors (Lipinski definition) is 3. The van der Waals surface area contributed by atoms with E-state index in [2.05, 4.69) is 46.5 Å². The van der Waals surface area contributed by atoms with Gasteiger partial charge in [0.2, 0.25) is 0 Å². The molecule has 0 saturated carbocycles. The fourth-order valence-corrected chi connectivity index (χ4v) is 6.11. The zero-order valence-electron chi connectivity index (χ0n) is 18.9. The van der Waals surface area contributed by atoms with E-state index in [0.29, 0.717) is 23.2 Å². The van der Waals surface area contributed by atoms with Gasteiger partial charge in [0.1, 0.15) is 5.76 Å². The van der Waals surface area contributed by atoms with Gasteiger partial charge in [-0.2, -0.15) is 8.75 Å². The van der Waals surface area contributed by atoms with E-state index in [-0.39, 0.29) is 28.5 Å². The zero-order chi connectivity index (χ0) is 23.6. The first-order chi connectivity index (χ1) is 15.1. The third kappa shape index (κ3) is 4.92. The zero-order valence-corrected chi connectivity index (χ0v) is 21.4. The van der Waals surface area contributed by atoms with Crippen LogP contribution in [0.5, 0.6) is 5.75 Å². The number of furan rings is 1. The largest absolute Gasteiger partial charge is 0.504 e. The van der Waals surface area contributed by atoms with Crippen molar-refractivity contribution in [3.8, 4) is 5.75 Å². The Hall–Kier alpha value is -2.15. The van der Waals surface area contributed by atoms with E-state index in [1.807, 2.05) is 6.07 Å². The van der Waals surface area contributed by atoms with Gasteiger partial charge in [-0.3, -0.25) is 0 Å². The molecule has 0 aliphatic rings. The molecule has 3 rings (SSSR count). The number of hydrogen-bond acceptors (Lipinski definition) is 10. The second kappa shape index (κ2) is 9.77. The first-order valence-corrected chi connectivity index (χ1v) is 13.4. The van der Waals surface area contributed by atoms with E-state index in [1.165, 1.54) is 0 Å². The van der Waals surface area contributed by atoms with Crippen molar-refractivity contribution in [2.45, 2.75) is 50.8 Å². The van der Waals surface area contributed by atoms with E-state index in [1.54, 1.807) is 30.5 Å². The maximum absolute atomic E-state index is 12.3. The van der Waals surface area contributed by atoms with Crippen LogP contribution in [0.3, 0.4) is 0 Å². The Labute approximate surface area is 196 Å². The molecular weight excluding hydrogens is 470 g/mol. The van der Waals surface area contributed by atoms with E-state index >= 15 is 0 Å². The highest BCUT2D eigenvalue weighted by molar-refractivity contribution is 7.91. The first kappa shape index (κ1) is 24.5. The lowest BCUT2D eigenvalue weighted by atomic mass is 9.99. The van der Waals surface area contributed by atoms with Crippen molar-refractivity contribution in [1.82, 2.24) is 13.5 Å². The van der Waals surface area contributed by atoms with Crippen molar-refractivity contribution >= 4 is 50.4 Å². The number of aromatic nitrogens is 2. The minimum Gasteiger partial charge on any atom is -0.504 e. The van der Waals surface area contributed by atoms with Crippen LogP contribution in [0.25, 0.3) is 0 Å². The molecule has 3 N–H and O–H groups in total. The average molecular weight is 500 g/mol. The van der Waals surface area contributed by atoms with Gasteiger partial charge in [-0.1, -0.05) is 34.6 Å². The highest BCUT2D eigenvalue weighted by Crippen LogP contribution is 2.43. The Kier molecular flexibility index (Phi) is 7.48. The van der Waals surface area contributed by atoms with E-state index in [9.17, 15) is 13.5 Å². The summed E-state index contributed by atoms with van der Waals surface area (Å²) < 4.78 is 41.6. The molecule has 0 radical (unpaired) electrons. The second-order valence-electron chi connectivity index (χ2n) is 8.06. The number of nitrogens with zero attached hydrogens (tertiary/aromatic N) is 3. The number of thiophene rings is 1. The summed E-state index contributed by atoms with van der Waals surface area (Å²) in [6, 6.07) is 1.91. The lowest BCUT2D eigenvalue weighted by Gasteiger charge is -2.22. The molecule has 9 nitrogen and oxygen atoms in total. The van der Waals surface area contributed by atoms with E-state index in [4.69, 9.17) is 4.42 Å². The second-order valence-corrected chi connectivity index (χ2v) is 11.4. The van der Waals surface area contributed by atoms with Crippen LogP contribution in [0.1, 0.15) is 57.9 Å². The molecule has 0 saturated heterocycles. The topological polar surface area (TPSA) is 121 Å². The molecule has 32 heavy (non-hydrogen) atoms. The molecule has 176 valence electrons. The summed E-state index contributed by atoms with van der Waals surface area (Å²) in [6.45, 7) is 10.3. The summed E-state index contributed by atoms with van der Waals surface area (Å²) in [5.74, 6) is 2.06. The third-order valence-electron chi connectivity index (χ3n) is 5.01. The van der Waals surface area contributed by atoms with E-state index < -0.39 is 10.0 Å². The van der Waals surface area contributed by atoms with E-state index in [0.717, 1.165) is 34.4 Å². The van der Waals surface area contributed by atoms with Crippen LogP contribution in [0, 0.1) is 5.92 Å². The molecule has 0 aromatic carbocycles. The summed E-state index contributed by atoms with van der Waals surface area (Å²) >= 11 is 1.98. The number of nitrogens with one attached hydrogen (secondary N) is 2. The Balaban J connectivity index is 1.90. The normalized spacial score (nSPS) is 13.1. The molecule has 3 aromatic heterocycles. The quantitative estimate of drug-likeness (QED) is 0.360. The van der Waals surface area contributed by atoms with Crippen molar-refractivity contribution in [3.63, 3.8) is 0 Å². The van der Waals surface area contributed by atoms with Crippen molar-refractivity contribution in [2.75, 3.05) is 23.8 Å². The lowest BCUT2D eigenvalue weighted by molar-refractivity contribution is 0.420. The maximum atomic E-state index is 12.3. The van der Waals surface area contributed by atoms with Crippen LogP contribution in [0.4, 0.5) is 17.3 Å². The predicted octanol–water partition coefficient (Wildman–Crippen LogP) is 4.90. The Morgan fingerprint density at radius 2 is 1.97 bits per heavy atom. The van der Waals surface area contributed by atoms with Crippen molar-refractivity contribution in [1.29, 1.82) is 0 Å². The van der Waals surface area contributed by atoms with Gasteiger partial charge in [0.25, 0.3) is 10.0 Å². The highest BCUT2D eigenvalue weighted by atomic mass is 32.2. The fraction of sp³-hybridized carbons (Fsp3) is 0.500. The van der Waals surface area contributed by atoms with Gasteiger partial charge in [0.05, 0.1) is 29.7 Å². The Morgan fingerprint density at radius 3 is 2.56 bits per heavy atom. The minimum absolute atomic E-state index is 0.129. The summed E-state index contributed by atoms with van der Waals surface area (Å²) in [4.78, 5) is 1.63. The van der Waals surface area contributed by atoms with Gasteiger partial charge in [-0.25, -0.2) is 13.1 Å². The number of anilines is 3. The monoisotopic (exact) mass is 499 g/mol. The molecule has 3 heterocycles. The van der Waals surface area contributed by atoms with Crippen LogP contribution in [0.15, 0.2) is 26.3 Å². The Bertz CT molecular complexity index is 1150. The van der Waals surface area contributed by atoms with Gasteiger partial charge in [0.15, 0.2) is 21.6 Å². The van der Waals surface area contributed by atoms with Crippen LogP contribution >= 0.6 is 23.1 Å². The fourth-order valence-electron chi connectivity index (χ4n) is 3.17. The van der Waals surface area contributed by atoms with Gasteiger partial charge in [-0.15, -0.1) is 11.3 Å². The minimum atomic E-state index is -3.77. The van der Waals surface area contributed by atoms with Gasteiger partial charge < -0.3 is 19.7 Å². The van der Waals surface area contributed by atoms with Crippen molar-refractivity contribution < 1.29 is 17.9 Å². The standard InChI is InChI=1S/C20H29N5O4S3/c1-7-21-32(27,28)20-17(26)14(10-30-20)25(6)19-18(23-31-24-19)22-16(12(4)5)15-8-13(9-29-15)11(2)3/h8-12,16,21,26H,7H2,1-6H3,(H,22,23)/t16-/m1/s1. The van der Waals surface area contributed by atoms with Gasteiger partial charge in [-0.05, 0) is 23.5 Å². The predicted molar refractivity (Wildman–Crippen MR) is 129 cm³/mol. The molecule has 0 unspecified atom stereocenters. The lowest BCUT2D eigenvalue weighted by Crippen LogP contribution is -2.22.